The molecule has 1 aliphatic rings. The second-order valence-corrected chi connectivity index (χ2v) is 5.21. The van der Waals surface area contributed by atoms with E-state index in [9.17, 15) is 9.59 Å². The molecule has 2 rings (SSSR count). The second kappa shape index (κ2) is 8.70. The SMILES string of the molecule is COCCOC(=O)C1=C(C)NC(=O)N[C@@H]1c1ccc(OCC#N)cc1. The monoisotopic (exact) mass is 345 g/mol. The van der Waals surface area contributed by atoms with E-state index in [0.29, 0.717) is 22.6 Å². The standard InChI is InChI=1S/C17H19N3O5/c1-11-14(16(21)25-10-9-23-2)15(20-17(22)19-11)12-3-5-13(6-4-12)24-8-7-18/h3-6,15H,8-10H2,1-2H3,(H2,19,20,22)/t15-/m1/s1. The zero-order chi connectivity index (χ0) is 18.2. The fourth-order valence-corrected chi connectivity index (χ4v) is 2.38. The van der Waals surface area contributed by atoms with Crippen molar-refractivity contribution in [1.29, 1.82) is 5.26 Å². The number of carbonyl (C=O) groups is 2. The number of amides is 2. The van der Waals surface area contributed by atoms with Gasteiger partial charge in [0.1, 0.15) is 18.4 Å². The number of nitriles is 1. The number of nitrogens with one attached hydrogen (secondary N) is 2. The zero-order valence-electron chi connectivity index (χ0n) is 14.0. The lowest BCUT2D eigenvalue weighted by molar-refractivity contribution is -0.140. The highest BCUT2D eigenvalue weighted by Crippen LogP contribution is 2.28. The van der Waals surface area contributed by atoms with Crippen LogP contribution in [0, 0.1) is 11.3 Å². The molecule has 0 aliphatic carbocycles. The molecule has 1 aromatic rings. The van der Waals surface area contributed by atoms with Gasteiger partial charge >= 0.3 is 12.0 Å². The molecule has 0 spiro atoms. The molecule has 1 aliphatic heterocycles. The highest BCUT2D eigenvalue weighted by Gasteiger charge is 2.32. The number of ether oxygens (including phenoxy) is 3. The first kappa shape index (κ1) is 18.3. The summed E-state index contributed by atoms with van der Waals surface area (Å²) in [6.07, 6.45) is 0. The molecule has 25 heavy (non-hydrogen) atoms. The van der Waals surface area contributed by atoms with Crippen molar-refractivity contribution in [2.24, 2.45) is 0 Å². The summed E-state index contributed by atoms with van der Waals surface area (Å²) in [5, 5.41) is 13.8. The van der Waals surface area contributed by atoms with Crippen LogP contribution in [0.15, 0.2) is 35.5 Å². The first-order valence-electron chi connectivity index (χ1n) is 7.61. The van der Waals surface area contributed by atoms with Crippen molar-refractivity contribution in [2.75, 3.05) is 26.9 Å². The number of nitrogens with zero attached hydrogens (tertiary/aromatic N) is 1. The molecule has 1 atom stereocenters. The van der Waals surface area contributed by atoms with Crippen molar-refractivity contribution in [3.05, 3.63) is 41.1 Å². The third-order valence-electron chi connectivity index (χ3n) is 3.53. The Kier molecular flexibility index (Phi) is 6.37. The lowest BCUT2D eigenvalue weighted by Gasteiger charge is -2.28. The Morgan fingerprint density at radius 2 is 2.00 bits per heavy atom. The van der Waals surface area contributed by atoms with E-state index in [1.54, 1.807) is 31.2 Å². The average Bonchev–Trinajstić information content (AvgIpc) is 2.59. The van der Waals surface area contributed by atoms with E-state index >= 15 is 0 Å². The van der Waals surface area contributed by atoms with Gasteiger partial charge in [0, 0.05) is 12.8 Å². The highest BCUT2D eigenvalue weighted by molar-refractivity contribution is 5.95. The molecule has 0 radical (unpaired) electrons. The van der Waals surface area contributed by atoms with Gasteiger partial charge in [-0.25, -0.2) is 9.59 Å². The molecule has 0 saturated carbocycles. The molecule has 0 fully saturated rings. The molecule has 0 unspecified atom stereocenters. The molecule has 8 nitrogen and oxygen atoms in total. The van der Waals surface area contributed by atoms with Gasteiger partial charge in [-0.3, -0.25) is 0 Å². The van der Waals surface area contributed by atoms with Gasteiger partial charge in [0.2, 0.25) is 0 Å². The Bertz CT molecular complexity index is 706. The molecule has 2 amide bonds. The van der Waals surface area contributed by atoms with Crippen LogP contribution < -0.4 is 15.4 Å². The van der Waals surface area contributed by atoms with Crippen LogP contribution >= 0.6 is 0 Å². The summed E-state index contributed by atoms with van der Waals surface area (Å²) in [4.78, 5) is 24.2. The van der Waals surface area contributed by atoms with Crippen LogP contribution in [0.3, 0.4) is 0 Å². The highest BCUT2D eigenvalue weighted by atomic mass is 16.6. The van der Waals surface area contributed by atoms with Crippen LogP contribution in [-0.2, 0) is 14.3 Å². The fraction of sp³-hybridized carbons (Fsp3) is 0.353. The molecule has 0 saturated heterocycles. The molecule has 0 aromatic heterocycles. The Hall–Kier alpha value is -3.05. The number of rotatable bonds is 7. The number of hydrogen-bond acceptors (Lipinski definition) is 6. The molecule has 2 N–H and O–H groups in total. The van der Waals surface area contributed by atoms with Crippen molar-refractivity contribution in [1.82, 2.24) is 10.6 Å². The number of hydrogen-bond donors (Lipinski definition) is 2. The number of allylic oxidation sites excluding steroid dienone is 1. The topological polar surface area (TPSA) is 110 Å². The van der Waals surface area contributed by atoms with Gasteiger partial charge in [-0.1, -0.05) is 12.1 Å². The number of urea groups is 1. The first-order chi connectivity index (χ1) is 12.1. The largest absolute Gasteiger partial charge is 0.479 e. The minimum absolute atomic E-state index is 0.0560. The van der Waals surface area contributed by atoms with Crippen molar-refractivity contribution in [2.45, 2.75) is 13.0 Å². The van der Waals surface area contributed by atoms with Crippen molar-refractivity contribution >= 4 is 12.0 Å². The van der Waals surface area contributed by atoms with Crippen LogP contribution in [-0.4, -0.2) is 38.9 Å². The van der Waals surface area contributed by atoms with Gasteiger partial charge in [-0.15, -0.1) is 0 Å². The summed E-state index contributed by atoms with van der Waals surface area (Å²) in [6.45, 7) is 1.99. The van der Waals surface area contributed by atoms with Gasteiger partial charge in [-0.2, -0.15) is 5.26 Å². The van der Waals surface area contributed by atoms with Gasteiger partial charge in [0.05, 0.1) is 18.2 Å². The zero-order valence-corrected chi connectivity index (χ0v) is 14.0. The molecular weight excluding hydrogens is 326 g/mol. The summed E-state index contributed by atoms with van der Waals surface area (Å²) in [5.41, 5.74) is 1.44. The minimum atomic E-state index is -0.645. The van der Waals surface area contributed by atoms with Crippen LogP contribution in [0.25, 0.3) is 0 Å². The van der Waals surface area contributed by atoms with Crippen molar-refractivity contribution < 1.29 is 23.8 Å². The van der Waals surface area contributed by atoms with Crippen LogP contribution in [0.1, 0.15) is 18.5 Å². The van der Waals surface area contributed by atoms with Crippen LogP contribution in [0.2, 0.25) is 0 Å². The molecule has 8 heteroatoms. The third kappa shape index (κ3) is 4.71. The van der Waals surface area contributed by atoms with E-state index in [4.69, 9.17) is 19.5 Å². The lowest BCUT2D eigenvalue weighted by Crippen LogP contribution is -2.45. The van der Waals surface area contributed by atoms with E-state index in [1.165, 1.54) is 7.11 Å². The van der Waals surface area contributed by atoms with Crippen molar-refractivity contribution in [3.8, 4) is 11.8 Å². The summed E-state index contributed by atoms with van der Waals surface area (Å²) in [7, 11) is 1.51. The van der Waals surface area contributed by atoms with Gasteiger partial charge in [0.15, 0.2) is 6.61 Å². The minimum Gasteiger partial charge on any atom is -0.479 e. The van der Waals surface area contributed by atoms with E-state index in [-0.39, 0.29) is 19.8 Å². The Labute approximate surface area is 145 Å². The van der Waals surface area contributed by atoms with Gasteiger partial charge < -0.3 is 24.8 Å². The first-order valence-corrected chi connectivity index (χ1v) is 7.61. The third-order valence-corrected chi connectivity index (χ3v) is 3.53. The fourth-order valence-electron chi connectivity index (χ4n) is 2.38. The molecule has 1 aromatic carbocycles. The van der Waals surface area contributed by atoms with Crippen molar-refractivity contribution in [3.63, 3.8) is 0 Å². The maximum Gasteiger partial charge on any atom is 0.338 e. The van der Waals surface area contributed by atoms with E-state index < -0.39 is 18.0 Å². The predicted octanol–water partition coefficient (Wildman–Crippen LogP) is 1.41. The maximum atomic E-state index is 12.4. The summed E-state index contributed by atoms with van der Waals surface area (Å²) < 4.78 is 15.2. The number of benzene rings is 1. The van der Waals surface area contributed by atoms with Crippen LogP contribution in [0.5, 0.6) is 5.75 Å². The van der Waals surface area contributed by atoms with Gasteiger partial charge in [-0.05, 0) is 24.6 Å². The normalized spacial score (nSPS) is 16.5. The smallest absolute Gasteiger partial charge is 0.338 e. The molecule has 1 heterocycles. The Balaban J connectivity index is 2.23. The number of esters is 1. The number of methoxy groups -OCH3 is 1. The molecule has 0 bridgehead atoms. The Morgan fingerprint density at radius 3 is 2.64 bits per heavy atom. The van der Waals surface area contributed by atoms with E-state index in [1.807, 2.05) is 6.07 Å². The predicted molar refractivity (Wildman–Crippen MR) is 87.5 cm³/mol. The number of carbonyl (C=O) groups excluding carboxylic acids is 2. The second-order valence-electron chi connectivity index (χ2n) is 5.21. The van der Waals surface area contributed by atoms with Crippen LogP contribution in [0.4, 0.5) is 4.79 Å². The summed E-state index contributed by atoms with van der Waals surface area (Å²) >= 11 is 0. The van der Waals surface area contributed by atoms with Gasteiger partial charge in [0.25, 0.3) is 0 Å². The van der Waals surface area contributed by atoms with E-state index in [0.717, 1.165) is 0 Å². The Morgan fingerprint density at radius 1 is 1.28 bits per heavy atom. The quantitative estimate of drug-likeness (QED) is 0.571. The average molecular weight is 345 g/mol. The summed E-state index contributed by atoms with van der Waals surface area (Å²) in [5.74, 6) is -0.00709. The summed E-state index contributed by atoms with van der Waals surface area (Å²) in [6, 6.07) is 7.62. The molecule has 132 valence electrons. The molecular formula is C17H19N3O5. The maximum absolute atomic E-state index is 12.4. The van der Waals surface area contributed by atoms with E-state index in [2.05, 4.69) is 10.6 Å². The lowest BCUT2D eigenvalue weighted by atomic mass is 9.95.